The third-order valence-electron chi connectivity index (χ3n) is 4.02. The van der Waals surface area contributed by atoms with Crippen molar-refractivity contribution >= 4 is 34.2 Å². The van der Waals surface area contributed by atoms with E-state index >= 15 is 0 Å². The smallest absolute Gasteiger partial charge is 0.246 e. The van der Waals surface area contributed by atoms with Crippen molar-refractivity contribution in [3.8, 4) is 0 Å². The van der Waals surface area contributed by atoms with Gasteiger partial charge in [-0.1, -0.05) is 28.1 Å². The summed E-state index contributed by atoms with van der Waals surface area (Å²) in [5.41, 5.74) is 6.11. The van der Waals surface area contributed by atoms with Crippen molar-refractivity contribution in [3.63, 3.8) is 0 Å². The van der Waals surface area contributed by atoms with E-state index in [0.29, 0.717) is 12.5 Å². The number of ether oxygens (including phenoxy) is 1. The lowest BCUT2D eigenvalue weighted by Gasteiger charge is -2.33. The number of rotatable bonds is 4. The van der Waals surface area contributed by atoms with Crippen molar-refractivity contribution in [1.82, 2.24) is 4.90 Å². The highest BCUT2D eigenvalue weighted by Crippen LogP contribution is 2.23. The molecule has 0 aliphatic carbocycles. The highest BCUT2D eigenvalue weighted by atomic mass is 79.9. The normalized spacial score (nSPS) is 20.6. The van der Waals surface area contributed by atoms with Gasteiger partial charge in [0.1, 0.15) is 5.54 Å². The lowest BCUT2D eigenvalue weighted by atomic mass is 9.91. The van der Waals surface area contributed by atoms with Gasteiger partial charge in [0.25, 0.3) is 0 Å². The minimum absolute atomic E-state index is 0. The zero-order valence-electron chi connectivity index (χ0n) is 13.0. The molecule has 0 bridgehead atoms. The van der Waals surface area contributed by atoms with Crippen molar-refractivity contribution < 1.29 is 9.53 Å². The van der Waals surface area contributed by atoms with Crippen LogP contribution in [-0.4, -0.2) is 37.6 Å². The Labute approximate surface area is 146 Å². The van der Waals surface area contributed by atoms with Gasteiger partial charge in [-0.15, -0.1) is 12.4 Å². The fourth-order valence-corrected chi connectivity index (χ4v) is 3.00. The van der Waals surface area contributed by atoms with Gasteiger partial charge < -0.3 is 15.4 Å². The number of amides is 1. The average molecular weight is 392 g/mol. The van der Waals surface area contributed by atoms with Gasteiger partial charge in [0.15, 0.2) is 0 Å². The molecule has 2 atom stereocenters. The SMILES string of the molecule is CN(CC1CCCOC1)C(=O)C(C)(N)c1ccc(Br)cc1.Cl. The van der Waals surface area contributed by atoms with Gasteiger partial charge >= 0.3 is 0 Å². The largest absolute Gasteiger partial charge is 0.381 e. The second-order valence-corrected chi connectivity index (χ2v) is 6.89. The molecule has 1 saturated heterocycles. The molecule has 4 nitrogen and oxygen atoms in total. The van der Waals surface area contributed by atoms with E-state index in [4.69, 9.17) is 10.5 Å². The molecule has 22 heavy (non-hydrogen) atoms. The Morgan fingerprint density at radius 3 is 2.64 bits per heavy atom. The van der Waals surface area contributed by atoms with Crippen LogP contribution in [-0.2, 0) is 15.1 Å². The van der Waals surface area contributed by atoms with Gasteiger partial charge in [-0.2, -0.15) is 0 Å². The summed E-state index contributed by atoms with van der Waals surface area (Å²) in [4.78, 5) is 14.4. The molecule has 124 valence electrons. The molecule has 0 aromatic heterocycles. The molecule has 0 saturated carbocycles. The van der Waals surface area contributed by atoms with Crippen molar-refractivity contribution in [2.24, 2.45) is 11.7 Å². The standard InChI is InChI=1S/C16H23BrN2O2.ClH/c1-16(18,13-5-7-14(17)8-6-13)15(20)19(2)10-12-4-3-9-21-11-12;/h5-8,12H,3-4,9-11,18H2,1-2H3;1H. The molecule has 2 N–H and O–H groups in total. The highest BCUT2D eigenvalue weighted by molar-refractivity contribution is 9.10. The molecule has 1 fully saturated rings. The van der Waals surface area contributed by atoms with E-state index in [9.17, 15) is 4.79 Å². The zero-order chi connectivity index (χ0) is 15.5. The quantitative estimate of drug-likeness (QED) is 0.858. The number of nitrogens with zero attached hydrogens (tertiary/aromatic N) is 1. The maximum absolute atomic E-state index is 12.7. The van der Waals surface area contributed by atoms with Crippen LogP contribution in [0.5, 0.6) is 0 Å². The van der Waals surface area contributed by atoms with Crippen LogP contribution in [0, 0.1) is 5.92 Å². The topological polar surface area (TPSA) is 55.6 Å². The van der Waals surface area contributed by atoms with Gasteiger partial charge in [-0.3, -0.25) is 4.79 Å². The third-order valence-corrected chi connectivity index (χ3v) is 4.55. The lowest BCUT2D eigenvalue weighted by Crippen LogP contribution is -2.51. The van der Waals surface area contributed by atoms with E-state index in [1.165, 1.54) is 0 Å². The summed E-state index contributed by atoms with van der Waals surface area (Å²) in [7, 11) is 1.82. The Hall–Kier alpha value is -0.620. The molecular weight excluding hydrogens is 368 g/mol. The van der Waals surface area contributed by atoms with Crippen molar-refractivity contribution in [2.75, 3.05) is 26.8 Å². The highest BCUT2D eigenvalue weighted by Gasteiger charge is 2.34. The van der Waals surface area contributed by atoms with Gasteiger partial charge in [0, 0.05) is 24.7 Å². The van der Waals surface area contributed by atoms with E-state index in [0.717, 1.165) is 36.1 Å². The fraction of sp³-hybridized carbons (Fsp3) is 0.562. The van der Waals surface area contributed by atoms with Crippen LogP contribution in [0.15, 0.2) is 28.7 Å². The molecule has 1 aromatic rings. The molecule has 2 unspecified atom stereocenters. The molecule has 0 radical (unpaired) electrons. The van der Waals surface area contributed by atoms with E-state index in [-0.39, 0.29) is 18.3 Å². The summed E-state index contributed by atoms with van der Waals surface area (Å²) < 4.78 is 6.45. The zero-order valence-corrected chi connectivity index (χ0v) is 15.5. The van der Waals surface area contributed by atoms with Gasteiger partial charge in [0.05, 0.1) is 6.61 Å². The average Bonchev–Trinajstić information content (AvgIpc) is 2.48. The summed E-state index contributed by atoms with van der Waals surface area (Å²) in [5, 5.41) is 0. The van der Waals surface area contributed by atoms with Gasteiger partial charge in [-0.05, 0) is 43.4 Å². The van der Waals surface area contributed by atoms with Crippen molar-refractivity contribution in [2.45, 2.75) is 25.3 Å². The maximum Gasteiger partial charge on any atom is 0.246 e. The molecule has 1 amide bonds. The maximum atomic E-state index is 12.7. The predicted octanol–water partition coefficient (Wildman–Crippen LogP) is 2.93. The first-order valence-electron chi connectivity index (χ1n) is 7.29. The molecule has 2 rings (SSSR count). The second kappa shape index (κ2) is 8.29. The number of benzene rings is 1. The predicted molar refractivity (Wildman–Crippen MR) is 94.1 cm³/mol. The van der Waals surface area contributed by atoms with Crippen LogP contribution >= 0.6 is 28.3 Å². The third kappa shape index (κ3) is 4.69. The number of carbonyl (C=O) groups excluding carboxylic acids is 1. The first-order chi connectivity index (χ1) is 9.91. The van der Waals surface area contributed by atoms with Crippen LogP contribution < -0.4 is 5.73 Å². The Morgan fingerprint density at radius 1 is 1.45 bits per heavy atom. The molecule has 1 aliphatic heterocycles. The number of carbonyl (C=O) groups is 1. The molecule has 1 aromatic carbocycles. The number of likely N-dealkylation sites (N-methyl/N-ethyl adjacent to an activating group) is 1. The number of hydrogen-bond acceptors (Lipinski definition) is 3. The summed E-state index contributed by atoms with van der Waals surface area (Å²) in [6.07, 6.45) is 2.18. The Morgan fingerprint density at radius 2 is 2.09 bits per heavy atom. The van der Waals surface area contributed by atoms with Crippen molar-refractivity contribution in [1.29, 1.82) is 0 Å². The summed E-state index contributed by atoms with van der Waals surface area (Å²) in [6, 6.07) is 7.59. The van der Waals surface area contributed by atoms with Crippen LogP contribution in [0.25, 0.3) is 0 Å². The van der Waals surface area contributed by atoms with E-state index in [2.05, 4.69) is 15.9 Å². The monoisotopic (exact) mass is 390 g/mol. The number of hydrogen-bond donors (Lipinski definition) is 1. The van der Waals surface area contributed by atoms with Crippen molar-refractivity contribution in [3.05, 3.63) is 34.3 Å². The lowest BCUT2D eigenvalue weighted by molar-refractivity contribution is -0.136. The first-order valence-corrected chi connectivity index (χ1v) is 8.09. The van der Waals surface area contributed by atoms with Gasteiger partial charge in [0.2, 0.25) is 5.91 Å². The Balaban J connectivity index is 0.00000242. The summed E-state index contributed by atoms with van der Waals surface area (Å²) >= 11 is 3.39. The summed E-state index contributed by atoms with van der Waals surface area (Å²) in [5.74, 6) is 0.351. The van der Waals surface area contributed by atoms with E-state index in [1.54, 1.807) is 11.8 Å². The number of nitrogens with two attached hydrogens (primary N) is 1. The minimum Gasteiger partial charge on any atom is -0.381 e. The van der Waals surface area contributed by atoms with E-state index < -0.39 is 5.54 Å². The van der Waals surface area contributed by atoms with E-state index in [1.807, 2.05) is 31.3 Å². The van der Waals surface area contributed by atoms with Crippen LogP contribution in [0.2, 0.25) is 0 Å². The second-order valence-electron chi connectivity index (χ2n) is 5.98. The fourth-order valence-electron chi connectivity index (χ4n) is 2.74. The Bertz CT molecular complexity index is 487. The van der Waals surface area contributed by atoms with Crippen LogP contribution in [0.3, 0.4) is 0 Å². The molecular formula is C16H24BrClN2O2. The van der Waals surface area contributed by atoms with Crippen LogP contribution in [0.4, 0.5) is 0 Å². The first kappa shape index (κ1) is 19.4. The summed E-state index contributed by atoms with van der Waals surface area (Å²) in [6.45, 7) is 4.04. The minimum atomic E-state index is -1.01. The molecule has 1 heterocycles. The molecule has 1 aliphatic rings. The molecule has 6 heteroatoms. The number of halogens is 2. The van der Waals surface area contributed by atoms with Gasteiger partial charge in [-0.25, -0.2) is 0 Å². The Kier molecular flexibility index (Phi) is 7.32. The molecule has 0 spiro atoms. The van der Waals surface area contributed by atoms with Crippen LogP contribution in [0.1, 0.15) is 25.3 Å².